The largest absolute Gasteiger partial charge is 0.457 e. The Hall–Kier alpha value is -3.60. The molecule has 2 aromatic carbocycles. The van der Waals surface area contributed by atoms with E-state index in [1.54, 1.807) is 18.2 Å². The van der Waals surface area contributed by atoms with E-state index in [1.807, 2.05) is 13.0 Å². The molecule has 174 valence electrons. The molecule has 1 aromatic heterocycles. The number of halogens is 4. The number of anilines is 1. The number of nitrogens with zero attached hydrogens (tertiary/aromatic N) is 3. The fourth-order valence-electron chi connectivity index (χ4n) is 2.99. The molecule has 3 aromatic rings. The van der Waals surface area contributed by atoms with Gasteiger partial charge in [0.1, 0.15) is 11.5 Å². The predicted molar refractivity (Wildman–Crippen MR) is 115 cm³/mol. The van der Waals surface area contributed by atoms with Gasteiger partial charge in [0.15, 0.2) is 5.69 Å². The number of nitro groups is 1. The van der Waals surface area contributed by atoms with Crippen molar-refractivity contribution in [2.24, 2.45) is 0 Å². The van der Waals surface area contributed by atoms with Crippen LogP contribution < -0.4 is 10.1 Å². The molecule has 0 aliphatic heterocycles. The van der Waals surface area contributed by atoms with E-state index in [2.05, 4.69) is 10.4 Å². The average Bonchev–Trinajstić information content (AvgIpc) is 3.00. The minimum absolute atomic E-state index is 0.0704. The van der Waals surface area contributed by atoms with Gasteiger partial charge in [-0.25, -0.2) is 0 Å². The van der Waals surface area contributed by atoms with Crippen molar-refractivity contribution in [2.45, 2.75) is 33.0 Å². The molecule has 0 saturated heterocycles. The van der Waals surface area contributed by atoms with E-state index in [-0.39, 0.29) is 35.8 Å². The fourth-order valence-corrected chi connectivity index (χ4v) is 3.23. The Bertz CT molecular complexity index is 1210. The summed E-state index contributed by atoms with van der Waals surface area (Å²) < 4.78 is 45.5. The van der Waals surface area contributed by atoms with Crippen molar-refractivity contribution >= 4 is 28.9 Å². The molecule has 12 heteroatoms. The standard InChI is InChI=1S/C21H18ClF3N4O4/c1-12-4-3-5-16(8-12)33-17-10-14(9-15(11-17)29(31)32)26-18(30)6-7-28-13(2)19(22)20(27-28)21(23,24)25/h3-5,8-11H,6-7H2,1-2H3,(H,26,30). The van der Waals surface area contributed by atoms with Crippen LogP contribution in [-0.4, -0.2) is 20.6 Å². The number of non-ortho nitro benzene ring substituents is 1. The summed E-state index contributed by atoms with van der Waals surface area (Å²) in [6.07, 6.45) is -4.96. The molecule has 1 heterocycles. The van der Waals surface area contributed by atoms with E-state index < -0.39 is 27.7 Å². The SMILES string of the molecule is Cc1cccc(Oc2cc(NC(=O)CCn3nc(C(F)(F)F)c(Cl)c3C)cc([N+](=O)[O-])c2)c1. The molecular weight excluding hydrogens is 465 g/mol. The lowest BCUT2D eigenvalue weighted by atomic mass is 10.2. The highest BCUT2D eigenvalue weighted by Crippen LogP contribution is 2.35. The fraction of sp³-hybridized carbons (Fsp3) is 0.238. The molecule has 0 fully saturated rings. The third-order valence-electron chi connectivity index (χ3n) is 4.56. The van der Waals surface area contributed by atoms with Crippen LogP contribution in [-0.2, 0) is 17.5 Å². The number of aromatic nitrogens is 2. The first-order valence-electron chi connectivity index (χ1n) is 9.58. The minimum Gasteiger partial charge on any atom is -0.457 e. The number of hydrogen-bond donors (Lipinski definition) is 1. The summed E-state index contributed by atoms with van der Waals surface area (Å²) in [6, 6.07) is 10.8. The van der Waals surface area contributed by atoms with Gasteiger partial charge in [0.2, 0.25) is 5.91 Å². The van der Waals surface area contributed by atoms with Crippen molar-refractivity contribution in [3.05, 3.63) is 74.6 Å². The number of nitrogens with one attached hydrogen (secondary N) is 1. The van der Waals surface area contributed by atoms with Gasteiger partial charge in [0.25, 0.3) is 5.69 Å². The second-order valence-corrected chi connectivity index (χ2v) is 7.54. The van der Waals surface area contributed by atoms with Crippen LogP contribution in [0.25, 0.3) is 0 Å². The number of amides is 1. The Morgan fingerprint density at radius 3 is 2.55 bits per heavy atom. The maximum atomic E-state index is 12.9. The Labute approximate surface area is 191 Å². The normalized spacial score (nSPS) is 11.3. The number of hydrogen-bond acceptors (Lipinski definition) is 5. The summed E-state index contributed by atoms with van der Waals surface area (Å²) in [5.74, 6) is 0.00508. The molecule has 0 atom stereocenters. The second kappa shape index (κ2) is 9.49. The molecule has 0 unspecified atom stereocenters. The molecule has 1 amide bonds. The van der Waals surface area contributed by atoms with Crippen molar-refractivity contribution in [3.63, 3.8) is 0 Å². The van der Waals surface area contributed by atoms with Gasteiger partial charge in [0, 0.05) is 18.6 Å². The van der Waals surface area contributed by atoms with Gasteiger partial charge in [-0.1, -0.05) is 23.7 Å². The molecule has 0 spiro atoms. The molecule has 0 aliphatic carbocycles. The lowest BCUT2D eigenvalue weighted by Gasteiger charge is -2.10. The number of benzene rings is 2. The maximum absolute atomic E-state index is 12.9. The zero-order valence-corrected chi connectivity index (χ0v) is 18.2. The van der Waals surface area contributed by atoms with Crippen molar-refractivity contribution < 1.29 is 27.6 Å². The highest BCUT2D eigenvalue weighted by molar-refractivity contribution is 6.31. The van der Waals surface area contributed by atoms with Crippen LogP contribution in [0.1, 0.15) is 23.4 Å². The molecule has 3 rings (SSSR count). The van der Waals surface area contributed by atoms with E-state index in [0.29, 0.717) is 5.75 Å². The van der Waals surface area contributed by atoms with Gasteiger partial charge < -0.3 is 10.1 Å². The first-order valence-corrected chi connectivity index (χ1v) is 9.96. The third kappa shape index (κ3) is 6.01. The zero-order valence-electron chi connectivity index (χ0n) is 17.4. The van der Waals surface area contributed by atoms with E-state index in [1.165, 1.54) is 19.1 Å². The number of alkyl halides is 3. The van der Waals surface area contributed by atoms with Crippen molar-refractivity contribution in [2.75, 3.05) is 5.32 Å². The zero-order chi connectivity index (χ0) is 24.3. The average molecular weight is 483 g/mol. The lowest BCUT2D eigenvalue weighted by molar-refractivity contribution is -0.384. The Kier molecular flexibility index (Phi) is 6.92. The molecule has 1 N–H and O–H groups in total. The van der Waals surface area contributed by atoms with Crippen molar-refractivity contribution in [3.8, 4) is 11.5 Å². The minimum atomic E-state index is -4.72. The smallest absolute Gasteiger partial charge is 0.436 e. The van der Waals surface area contributed by atoms with Gasteiger partial charge in [0.05, 0.1) is 33.9 Å². The predicted octanol–water partition coefficient (Wildman–Crippen LogP) is 5.90. The number of ether oxygens (including phenoxy) is 1. The van der Waals surface area contributed by atoms with Crippen LogP contribution in [0.4, 0.5) is 24.5 Å². The Balaban J connectivity index is 1.74. The van der Waals surface area contributed by atoms with Crippen LogP contribution >= 0.6 is 11.6 Å². The Morgan fingerprint density at radius 2 is 1.94 bits per heavy atom. The number of aryl methyl sites for hydroxylation is 2. The van der Waals surface area contributed by atoms with Gasteiger partial charge >= 0.3 is 6.18 Å². The van der Waals surface area contributed by atoms with E-state index in [0.717, 1.165) is 16.3 Å². The van der Waals surface area contributed by atoms with Gasteiger partial charge in [-0.15, -0.1) is 0 Å². The monoisotopic (exact) mass is 482 g/mol. The van der Waals surface area contributed by atoms with E-state index >= 15 is 0 Å². The van der Waals surface area contributed by atoms with Crippen molar-refractivity contribution in [1.82, 2.24) is 9.78 Å². The van der Waals surface area contributed by atoms with Gasteiger partial charge in [-0.2, -0.15) is 18.3 Å². The molecule has 0 aliphatic rings. The highest BCUT2D eigenvalue weighted by atomic mass is 35.5. The van der Waals surface area contributed by atoms with Gasteiger partial charge in [-0.05, 0) is 31.5 Å². The molecule has 0 saturated carbocycles. The molecule has 0 radical (unpaired) electrons. The summed E-state index contributed by atoms with van der Waals surface area (Å²) in [7, 11) is 0. The summed E-state index contributed by atoms with van der Waals surface area (Å²) >= 11 is 5.70. The second-order valence-electron chi connectivity index (χ2n) is 7.16. The molecule has 33 heavy (non-hydrogen) atoms. The molecule has 8 nitrogen and oxygen atoms in total. The van der Waals surface area contributed by atoms with Crippen LogP contribution in [0.3, 0.4) is 0 Å². The maximum Gasteiger partial charge on any atom is 0.436 e. The number of carbonyl (C=O) groups is 1. The first-order chi connectivity index (χ1) is 15.4. The summed E-state index contributed by atoms with van der Waals surface area (Å²) in [5, 5.41) is 16.7. The Morgan fingerprint density at radius 1 is 1.21 bits per heavy atom. The van der Waals surface area contributed by atoms with Crippen LogP contribution in [0.5, 0.6) is 11.5 Å². The summed E-state index contributed by atoms with van der Waals surface area (Å²) in [6.45, 7) is 3.05. The van der Waals surface area contributed by atoms with Crippen LogP contribution in [0, 0.1) is 24.0 Å². The number of rotatable bonds is 7. The summed E-state index contributed by atoms with van der Waals surface area (Å²) in [4.78, 5) is 23.0. The quantitative estimate of drug-likeness (QED) is 0.334. The van der Waals surface area contributed by atoms with Crippen LogP contribution in [0.15, 0.2) is 42.5 Å². The molecular formula is C21H18ClF3N4O4. The van der Waals surface area contributed by atoms with E-state index in [4.69, 9.17) is 16.3 Å². The van der Waals surface area contributed by atoms with E-state index in [9.17, 15) is 28.1 Å². The molecule has 0 bridgehead atoms. The van der Waals surface area contributed by atoms with Crippen molar-refractivity contribution in [1.29, 1.82) is 0 Å². The van der Waals surface area contributed by atoms with Gasteiger partial charge in [-0.3, -0.25) is 19.6 Å². The summed E-state index contributed by atoms with van der Waals surface area (Å²) in [5.41, 5.74) is -0.433. The number of carbonyl (C=O) groups excluding carboxylic acids is 1. The third-order valence-corrected chi connectivity index (χ3v) is 5.02. The topological polar surface area (TPSA) is 99.3 Å². The highest BCUT2D eigenvalue weighted by Gasteiger charge is 2.38. The van der Waals surface area contributed by atoms with Crippen LogP contribution in [0.2, 0.25) is 5.02 Å². The lowest BCUT2D eigenvalue weighted by Crippen LogP contribution is -2.16. The number of nitro benzene ring substituents is 1. The first kappa shape index (κ1) is 24.1.